The topological polar surface area (TPSA) is 78.7 Å². The minimum absolute atomic E-state index is 0.325. The van der Waals surface area contributed by atoms with Gasteiger partial charge in [0.05, 0.1) is 0 Å². The molecule has 0 atom stereocenters. The number of amides is 2. The van der Waals surface area contributed by atoms with E-state index >= 15 is 0 Å². The molecule has 0 aromatic carbocycles. The predicted octanol–water partition coefficient (Wildman–Crippen LogP) is -1.92. The van der Waals surface area contributed by atoms with Crippen LogP contribution in [0.15, 0.2) is 0 Å². The van der Waals surface area contributed by atoms with E-state index in [9.17, 15) is 9.59 Å². The van der Waals surface area contributed by atoms with Gasteiger partial charge in [0.25, 0.3) is 0 Å². The zero-order valence-corrected chi connectivity index (χ0v) is 9.62. The van der Waals surface area contributed by atoms with Gasteiger partial charge in [-0.15, -0.1) is 0 Å². The van der Waals surface area contributed by atoms with Gasteiger partial charge in [-0.05, 0) is 14.1 Å². The standard InChI is InChI=1S/C9H20N4O2/c1-12(2)6-7-13(3)9(15)8(14)11-5-4-10/h4-7,10H2,1-3H3,(H,11,14). The molecule has 6 heteroatoms. The second-order valence-corrected chi connectivity index (χ2v) is 3.57. The molecule has 0 saturated carbocycles. The van der Waals surface area contributed by atoms with Gasteiger partial charge in [-0.25, -0.2) is 0 Å². The SMILES string of the molecule is CN(C)CCN(C)C(=O)C(=O)NCCN. The fraction of sp³-hybridized carbons (Fsp3) is 0.778. The van der Waals surface area contributed by atoms with Gasteiger partial charge < -0.3 is 20.9 Å². The zero-order valence-electron chi connectivity index (χ0n) is 9.62. The van der Waals surface area contributed by atoms with E-state index in [1.165, 1.54) is 4.90 Å². The van der Waals surface area contributed by atoms with Gasteiger partial charge in [0, 0.05) is 33.2 Å². The van der Waals surface area contributed by atoms with Crippen molar-refractivity contribution >= 4 is 11.8 Å². The third-order valence-corrected chi connectivity index (χ3v) is 1.85. The van der Waals surface area contributed by atoms with Crippen molar-refractivity contribution in [3.8, 4) is 0 Å². The summed E-state index contributed by atoms with van der Waals surface area (Å²) >= 11 is 0. The quantitative estimate of drug-likeness (QED) is 0.525. The van der Waals surface area contributed by atoms with Crippen molar-refractivity contribution < 1.29 is 9.59 Å². The van der Waals surface area contributed by atoms with Crippen LogP contribution in [0.1, 0.15) is 0 Å². The summed E-state index contributed by atoms with van der Waals surface area (Å²) in [7, 11) is 5.42. The lowest BCUT2D eigenvalue weighted by atomic mass is 10.4. The number of nitrogens with one attached hydrogen (secondary N) is 1. The molecule has 6 nitrogen and oxygen atoms in total. The van der Waals surface area contributed by atoms with E-state index in [0.717, 1.165) is 6.54 Å². The Balaban J connectivity index is 3.91. The van der Waals surface area contributed by atoms with Crippen molar-refractivity contribution in [1.82, 2.24) is 15.1 Å². The first-order valence-corrected chi connectivity index (χ1v) is 4.87. The summed E-state index contributed by atoms with van der Waals surface area (Å²) in [6.07, 6.45) is 0. The minimum atomic E-state index is -0.596. The normalized spacial score (nSPS) is 10.2. The Morgan fingerprint density at radius 3 is 2.27 bits per heavy atom. The molecule has 0 heterocycles. The Morgan fingerprint density at radius 1 is 1.20 bits per heavy atom. The van der Waals surface area contributed by atoms with Gasteiger partial charge in [0.15, 0.2) is 0 Å². The summed E-state index contributed by atoms with van der Waals surface area (Å²) in [5.41, 5.74) is 5.21. The van der Waals surface area contributed by atoms with Crippen molar-refractivity contribution in [1.29, 1.82) is 0 Å². The lowest BCUT2D eigenvalue weighted by Crippen LogP contribution is -2.44. The third kappa shape index (κ3) is 6.03. The van der Waals surface area contributed by atoms with Gasteiger partial charge in [0.2, 0.25) is 0 Å². The predicted molar refractivity (Wildman–Crippen MR) is 58.3 cm³/mol. The summed E-state index contributed by atoms with van der Waals surface area (Å²) in [5, 5.41) is 2.43. The van der Waals surface area contributed by atoms with Crippen molar-refractivity contribution in [2.24, 2.45) is 5.73 Å². The van der Waals surface area contributed by atoms with Crippen LogP contribution in [0.4, 0.5) is 0 Å². The number of rotatable bonds is 5. The Labute approximate surface area is 90.4 Å². The molecule has 2 amide bonds. The maximum atomic E-state index is 11.4. The lowest BCUT2D eigenvalue weighted by molar-refractivity contribution is -0.145. The van der Waals surface area contributed by atoms with Gasteiger partial charge in [0.1, 0.15) is 0 Å². The van der Waals surface area contributed by atoms with Crippen LogP contribution in [0.5, 0.6) is 0 Å². The molecule has 0 aliphatic heterocycles. The van der Waals surface area contributed by atoms with E-state index in [1.807, 2.05) is 19.0 Å². The highest BCUT2D eigenvalue weighted by atomic mass is 16.2. The van der Waals surface area contributed by atoms with Crippen molar-refractivity contribution in [3.63, 3.8) is 0 Å². The Hall–Kier alpha value is -1.14. The highest BCUT2D eigenvalue weighted by molar-refractivity contribution is 6.34. The lowest BCUT2D eigenvalue weighted by Gasteiger charge is -2.18. The monoisotopic (exact) mass is 216 g/mol. The Morgan fingerprint density at radius 2 is 1.80 bits per heavy atom. The van der Waals surface area contributed by atoms with Crippen LogP contribution in [0, 0.1) is 0 Å². The van der Waals surface area contributed by atoms with Crippen LogP contribution in [-0.4, -0.2) is 68.9 Å². The zero-order chi connectivity index (χ0) is 11.8. The van der Waals surface area contributed by atoms with E-state index in [1.54, 1.807) is 7.05 Å². The Kier molecular flexibility index (Phi) is 6.64. The molecule has 0 aromatic heterocycles. The molecular formula is C9H20N4O2. The molecule has 0 fully saturated rings. The van der Waals surface area contributed by atoms with Crippen molar-refractivity contribution in [2.45, 2.75) is 0 Å². The van der Waals surface area contributed by atoms with E-state index in [0.29, 0.717) is 19.6 Å². The summed E-state index contributed by atoms with van der Waals surface area (Å²) < 4.78 is 0. The molecule has 3 N–H and O–H groups in total. The van der Waals surface area contributed by atoms with E-state index in [-0.39, 0.29) is 0 Å². The summed E-state index contributed by atoms with van der Waals surface area (Å²) in [4.78, 5) is 26.0. The second-order valence-electron chi connectivity index (χ2n) is 3.57. The molecule has 0 bridgehead atoms. The molecular weight excluding hydrogens is 196 g/mol. The van der Waals surface area contributed by atoms with Gasteiger partial charge >= 0.3 is 11.8 Å². The maximum absolute atomic E-state index is 11.4. The van der Waals surface area contributed by atoms with E-state index in [2.05, 4.69) is 5.32 Å². The van der Waals surface area contributed by atoms with E-state index < -0.39 is 11.8 Å². The molecule has 0 aromatic rings. The van der Waals surface area contributed by atoms with Crippen LogP contribution >= 0.6 is 0 Å². The molecule has 0 aliphatic rings. The molecule has 0 rings (SSSR count). The van der Waals surface area contributed by atoms with Crippen molar-refractivity contribution in [3.05, 3.63) is 0 Å². The fourth-order valence-corrected chi connectivity index (χ4v) is 0.886. The molecule has 0 unspecified atom stereocenters. The highest BCUT2D eigenvalue weighted by Crippen LogP contribution is 1.86. The van der Waals surface area contributed by atoms with Crippen LogP contribution in [0.25, 0.3) is 0 Å². The van der Waals surface area contributed by atoms with Gasteiger partial charge in [-0.3, -0.25) is 9.59 Å². The largest absolute Gasteiger partial charge is 0.347 e. The summed E-state index contributed by atoms with van der Waals surface area (Å²) in [5.74, 6) is -1.12. The maximum Gasteiger partial charge on any atom is 0.311 e. The number of hydrogen-bond donors (Lipinski definition) is 2. The number of hydrogen-bond acceptors (Lipinski definition) is 4. The molecule has 88 valence electrons. The summed E-state index contributed by atoms with van der Waals surface area (Å²) in [6, 6.07) is 0. The van der Waals surface area contributed by atoms with Crippen molar-refractivity contribution in [2.75, 3.05) is 47.3 Å². The fourth-order valence-electron chi connectivity index (χ4n) is 0.886. The number of carbonyl (C=O) groups excluding carboxylic acids is 2. The number of nitrogens with zero attached hydrogens (tertiary/aromatic N) is 2. The van der Waals surface area contributed by atoms with Crippen LogP contribution in [0.3, 0.4) is 0 Å². The van der Waals surface area contributed by atoms with Crippen LogP contribution < -0.4 is 11.1 Å². The highest BCUT2D eigenvalue weighted by Gasteiger charge is 2.17. The van der Waals surface area contributed by atoms with Gasteiger partial charge in [-0.2, -0.15) is 0 Å². The van der Waals surface area contributed by atoms with Gasteiger partial charge in [-0.1, -0.05) is 0 Å². The minimum Gasteiger partial charge on any atom is -0.347 e. The first-order valence-electron chi connectivity index (χ1n) is 4.87. The number of nitrogens with two attached hydrogens (primary N) is 1. The number of carbonyl (C=O) groups is 2. The average Bonchev–Trinajstić information content (AvgIpc) is 2.21. The van der Waals surface area contributed by atoms with Crippen LogP contribution in [0.2, 0.25) is 0 Å². The van der Waals surface area contributed by atoms with Crippen LogP contribution in [-0.2, 0) is 9.59 Å². The first kappa shape index (κ1) is 13.9. The second kappa shape index (κ2) is 7.19. The third-order valence-electron chi connectivity index (χ3n) is 1.85. The average molecular weight is 216 g/mol. The Bertz CT molecular complexity index is 218. The summed E-state index contributed by atoms with van der Waals surface area (Å²) in [6.45, 7) is 1.92. The first-order chi connectivity index (χ1) is 6.99. The molecule has 0 saturated heterocycles. The van der Waals surface area contributed by atoms with E-state index in [4.69, 9.17) is 5.73 Å². The number of likely N-dealkylation sites (N-methyl/N-ethyl adjacent to an activating group) is 2. The molecule has 15 heavy (non-hydrogen) atoms. The smallest absolute Gasteiger partial charge is 0.311 e. The molecule has 0 aliphatic carbocycles. The molecule has 0 spiro atoms. The molecule has 0 radical (unpaired) electrons.